The van der Waals surface area contributed by atoms with Crippen molar-refractivity contribution in [2.75, 3.05) is 0 Å². The second-order valence-corrected chi connectivity index (χ2v) is 5.32. The molecule has 20 heavy (non-hydrogen) atoms. The highest BCUT2D eigenvalue weighted by molar-refractivity contribution is 5.22. The second kappa shape index (κ2) is 7.25. The Morgan fingerprint density at radius 2 is 1.75 bits per heavy atom. The van der Waals surface area contributed by atoms with E-state index in [1.807, 2.05) is 4.68 Å². The Labute approximate surface area is 122 Å². The normalized spacial score (nSPS) is 12.6. The Morgan fingerprint density at radius 3 is 2.40 bits per heavy atom. The molecular formula is C17H25N3. The van der Waals surface area contributed by atoms with Gasteiger partial charge in [-0.2, -0.15) is 5.10 Å². The number of hydrogen-bond acceptors (Lipinski definition) is 2. The lowest BCUT2D eigenvalue weighted by molar-refractivity contribution is 0.471. The van der Waals surface area contributed by atoms with Crippen molar-refractivity contribution in [3.8, 4) is 0 Å². The van der Waals surface area contributed by atoms with E-state index >= 15 is 0 Å². The summed E-state index contributed by atoms with van der Waals surface area (Å²) in [4.78, 5) is 0. The molecule has 0 aliphatic rings. The zero-order valence-corrected chi connectivity index (χ0v) is 12.8. The third-order valence-corrected chi connectivity index (χ3v) is 3.77. The minimum atomic E-state index is 0.477. The maximum atomic E-state index is 4.59. The van der Waals surface area contributed by atoms with E-state index in [1.165, 1.54) is 11.1 Å². The molecule has 0 aliphatic heterocycles. The van der Waals surface area contributed by atoms with Gasteiger partial charge in [0.2, 0.25) is 0 Å². The van der Waals surface area contributed by atoms with Crippen molar-refractivity contribution in [1.29, 1.82) is 0 Å². The van der Waals surface area contributed by atoms with E-state index in [2.05, 4.69) is 67.7 Å². The molecule has 108 valence electrons. The molecule has 3 heteroatoms. The van der Waals surface area contributed by atoms with Gasteiger partial charge in [-0.15, -0.1) is 0 Å². The summed E-state index contributed by atoms with van der Waals surface area (Å²) in [5, 5.41) is 8.04. The minimum Gasteiger partial charge on any atom is -0.307 e. The SMILES string of the molecule is CCc1ccc(CNCc2ccn(C(C)CC)n2)cc1. The number of hydrogen-bond donors (Lipinski definition) is 1. The van der Waals surface area contributed by atoms with Crippen molar-refractivity contribution < 1.29 is 0 Å². The average molecular weight is 271 g/mol. The highest BCUT2D eigenvalue weighted by atomic mass is 15.3. The van der Waals surface area contributed by atoms with Crippen LogP contribution in [0.4, 0.5) is 0 Å². The molecule has 1 N–H and O–H groups in total. The fourth-order valence-corrected chi connectivity index (χ4v) is 2.13. The first kappa shape index (κ1) is 14.8. The standard InChI is InChI=1S/C17H25N3/c1-4-14(3)20-11-10-17(19-20)13-18-12-16-8-6-15(5-2)7-9-16/h6-11,14,18H,4-5,12-13H2,1-3H3. The van der Waals surface area contributed by atoms with Crippen molar-refractivity contribution in [2.24, 2.45) is 0 Å². The van der Waals surface area contributed by atoms with E-state index in [0.29, 0.717) is 6.04 Å². The molecule has 3 nitrogen and oxygen atoms in total. The fraction of sp³-hybridized carbons (Fsp3) is 0.471. The largest absolute Gasteiger partial charge is 0.307 e. The Hall–Kier alpha value is -1.61. The minimum absolute atomic E-state index is 0.477. The van der Waals surface area contributed by atoms with Crippen LogP contribution < -0.4 is 5.32 Å². The fourth-order valence-electron chi connectivity index (χ4n) is 2.13. The maximum absolute atomic E-state index is 4.59. The van der Waals surface area contributed by atoms with Gasteiger partial charge in [0, 0.05) is 25.3 Å². The smallest absolute Gasteiger partial charge is 0.0762 e. The van der Waals surface area contributed by atoms with Crippen molar-refractivity contribution in [3.05, 3.63) is 53.3 Å². The summed E-state index contributed by atoms with van der Waals surface area (Å²) in [5.41, 5.74) is 3.82. The van der Waals surface area contributed by atoms with Gasteiger partial charge in [0.15, 0.2) is 0 Å². The highest BCUT2D eigenvalue weighted by Gasteiger charge is 2.04. The van der Waals surface area contributed by atoms with Crippen LogP contribution in [0.2, 0.25) is 0 Å². The van der Waals surface area contributed by atoms with E-state index in [1.54, 1.807) is 0 Å². The van der Waals surface area contributed by atoms with Crippen molar-refractivity contribution >= 4 is 0 Å². The third kappa shape index (κ3) is 3.94. The molecule has 1 aromatic heterocycles. The van der Waals surface area contributed by atoms with Crippen LogP contribution in [0.25, 0.3) is 0 Å². The van der Waals surface area contributed by atoms with E-state index in [4.69, 9.17) is 0 Å². The predicted molar refractivity (Wildman–Crippen MR) is 83.6 cm³/mol. The monoisotopic (exact) mass is 271 g/mol. The van der Waals surface area contributed by atoms with Crippen molar-refractivity contribution in [1.82, 2.24) is 15.1 Å². The third-order valence-electron chi connectivity index (χ3n) is 3.77. The summed E-state index contributed by atoms with van der Waals surface area (Å²) in [5.74, 6) is 0. The quantitative estimate of drug-likeness (QED) is 0.832. The van der Waals surface area contributed by atoms with Gasteiger partial charge in [-0.05, 0) is 37.0 Å². The van der Waals surface area contributed by atoms with E-state index in [9.17, 15) is 0 Å². The molecule has 0 radical (unpaired) electrons. The molecule has 0 saturated carbocycles. The van der Waals surface area contributed by atoms with E-state index < -0.39 is 0 Å². The van der Waals surface area contributed by atoms with Gasteiger partial charge in [0.1, 0.15) is 0 Å². The molecule has 0 fully saturated rings. The van der Waals surface area contributed by atoms with E-state index in [0.717, 1.165) is 31.6 Å². The van der Waals surface area contributed by atoms with Crippen LogP contribution in [-0.2, 0) is 19.5 Å². The zero-order valence-electron chi connectivity index (χ0n) is 12.8. The molecule has 0 aliphatic carbocycles. The molecule has 0 amide bonds. The summed E-state index contributed by atoms with van der Waals surface area (Å²) in [6, 6.07) is 11.4. The molecule has 2 rings (SSSR count). The van der Waals surface area contributed by atoms with Crippen LogP contribution in [0.3, 0.4) is 0 Å². The zero-order chi connectivity index (χ0) is 14.4. The van der Waals surface area contributed by atoms with E-state index in [-0.39, 0.29) is 0 Å². The number of nitrogens with zero attached hydrogens (tertiary/aromatic N) is 2. The Bertz CT molecular complexity index is 513. The first-order valence-corrected chi connectivity index (χ1v) is 7.55. The number of benzene rings is 1. The Morgan fingerprint density at radius 1 is 1.05 bits per heavy atom. The lowest BCUT2D eigenvalue weighted by Gasteiger charge is -2.08. The summed E-state index contributed by atoms with van der Waals surface area (Å²) in [7, 11) is 0. The van der Waals surface area contributed by atoms with Gasteiger partial charge in [-0.25, -0.2) is 0 Å². The average Bonchev–Trinajstić information content (AvgIpc) is 2.96. The topological polar surface area (TPSA) is 29.9 Å². The number of aromatic nitrogens is 2. The molecule has 0 saturated heterocycles. The van der Waals surface area contributed by atoms with Crippen molar-refractivity contribution in [2.45, 2.75) is 52.7 Å². The van der Waals surface area contributed by atoms with Gasteiger partial charge in [-0.3, -0.25) is 4.68 Å². The first-order valence-electron chi connectivity index (χ1n) is 7.55. The summed E-state index contributed by atoms with van der Waals surface area (Å²) >= 11 is 0. The van der Waals surface area contributed by atoms with Gasteiger partial charge in [-0.1, -0.05) is 38.1 Å². The maximum Gasteiger partial charge on any atom is 0.0762 e. The molecular weight excluding hydrogens is 246 g/mol. The van der Waals surface area contributed by atoms with Crippen LogP contribution in [0.5, 0.6) is 0 Å². The van der Waals surface area contributed by atoms with Crippen LogP contribution in [-0.4, -0.2) is 9.78 Å². The second-order valence-electron chi connectivity index (χ2n) is 5.32. The summed E-state index contributed by atoms with van der Waals surface area (Å²) in [6.45, 7) is 8.27. The van der Waals surface area contributed by atoms with Crippen LogP contribution >= 0.6 is 0 Å². The molecule has 1 heterocycles. The lowest BCUT2D eigenvalue weighted by atomic mass is 10.1. The number of aryl methyl sites for hydroxylation is 1. The lowest BCUT2D eigenvalue weighted by Crippen LogP contribution is -2.14. The predicted octanol–water partition coefficient (Wildman–Crippen LogP) is 3.71. The Kier molecular flexibility index (Phi) is 5.36. The molecule has 2 aromatic rings. The van der Waals surface area contributed by atoms with Gasteiger partial charge in [0.05, 0.1) is 5.69 Å². The van der Waals surface area contributed by atoms with Gasteiger partial charge in [0.25, 0.3) is 0 Å². The molecule has 1 aromatic carbocycles. The summed E-state index contributed by atoms with van der Waals surface area (Å²) < 4.78 is 2.05. The highest BCUT2D eigenvalue weighted by Crippen LogP contribution is 2.09. The van der Waals surface area contributed by atoms with Gasteiger partial charge < -0.3 is 5.32 Å². The van der Waals surface area contributed by atoms with Crippen LogP contribution in [0, 0.1) is 0 Å². The molecule has 1 unspecified atom stereocenters. The number of rotatable bonds is 7. The van der Waals surface area contributed by atoms with Crippen molar-refractivity contribution in [3.63, 3.8) is 0 Å². The van der Waals surface area contributed by atoms with Crippen LogP contribution in [0.1, 0.15) is 50.1 Å². The molecule has 0 spiro atoms. The van der Waals surface area contributed by atoms with Crippen LogP contribution in [0.15, 0.2) is 36.5 Å². The Balaban J connectivity index is 1.81. The first-order chi connectivity index (χ1) is 9.72. The van der Waals surface area contributed by atoms with Gasteiger partial charge >= 0.3 is 0 Å². The number of nitrogens with one attached hydrogen (secondary N) is 1. The molecule has 0 bridgehead atoms. The summed E-state index contributed by atoms with van der Waals surface area (Å²) in [6.07, 6.45) is 4.28. The molecule has 1 atom stereocenters.